The third kappa shape index (κ3) is 5.12. The van der Waals surface area contributed by atoms with E-state index in [9.17, 15) is 18.0 Å². The first kappa shape index (κ1) is 20.5. The van der Waals surface area contributed by atoms with Crippen LogP contribution in [0.2, 0.25) is 0 Å². The average Bonchev–Trinajstić information content (AvgIpc) is 2.52. The number of pyridine rings is 1. The molecule has 8 heteroatoms. The number of anilines is 2. The number of aryl methyl sites for hydroxylation is 1. The van der Waals surface area contributed by atoms with E-state index in [0.717, 1.165) is 28.7 Å². The van der Waals surface area contributed by atoms with Gasteiger partial charge >= 0.3 is 12.3 Å². The van der Waals surface area contributed by atoms with Gasteiger partial charge in [-0.25, -0.2) is 14.7 Å². The number of nitrogens with zero attached hydrogens (tertiary/aromatic N) is 2. The number of rotatable bonds is 3. The third-order valence-electron chi connectivity index (χ3n) is 3.45. The Hall–Kier alpha value is -2.77. The monoisotopic (exact) mass is 382 g/mol. The van der Waals surface area contributed by atoms with Crippen LogP contribution in [-0.4, -0.2) is 23.8 Å². The summed E-state index contributed by atoms with van der Waals surface area (Å²) in [6.45, 7) is 6.77. The molecular formula is C19H21F3N2O3. The Morgan fingerprint density at radius 2 is 1.78 bits per heavy atom. The van der Waals surface area contributed by atoms with Gasteiger partial charge in [0.1, 0.15) is 17.2 Å². The van der Waals surface area contributed by atoms with Gasteiger partial charge < -0.3 is 9.47 Å². The van der Waals surface area contributed by atoms with Crippen LogP contribution >= 0.6 is 0 Å². The van der Waals surface area contributed by atoms with Crippen molar-refractivity contribution >= 4 is 17.6 Å². The smallest absolute Gasteiger partial charge is 0.420 e. The van der Waals surface area contributed by atoms with E-state index < -0.39 is 23.4 Å². The fraction of sp³-hybridized carbons (Fsp3) is 0.368. The molecule has 1 aromatic heterocycles. The summed E-state index contributed by atoms with van der Waals surface area (Å²) in [4.78, 5) is 17.9. The summed E-state index contributed by atoms with van der Waals surface area (Å²) in [6.07, 6.45) is -3.98. The number of carbonyl (C=O) groups is 1. The van der Waals surface area contributed by atoms with Crippen LogP contribution in [0.15, 0.2) is 36.5 Å². The number of hydrogen-bond donors (Lipinski definition) is 0. The predicted octanol–water partition coefficient (Wildman–Crippen LogP) is 5.49. The number of ether oxygens (including phenoxy) is 2. The fourth-order valence-corrected chi connectivity index (χ4v) is 2.31. The summed E-state index contributed by atoms with van der Waals surface area (Å²) in [6, 6.07) is 6.17. The van der Waals surface area contributed by atoms with Gasteiger partial charge in [0, 0.05) is 6.20 Å². The summed E-state index contributed by atoms with van der Waals surface area (Å²) in [5.41, 5.74) is -1.10. The van der Waals surface area contributed by atoms with Gasteiger partial charge in [-0.2, -0.15) is 13.2 Å². The Bertz CT molecular complexity index is 830. The normalized spacial score (nSPS) is 11.9. The molecule has 0 aliphatic heterocycles. The summed E-state index contributed by atoms with van der Waals surface area (Å²) >= 11 is 0. The lowest BCUT2D eigenvalue weighted by Gasteiger charge is -2.28. The molecule has 1 aromatic carbocycles. The zero-order valence-electron chi connectivity index (χ0n) is 15.7. The van der Waals surface area contributed by atoms with Crippen LogP contribution in [0.5, 0.6) is 5.75 Å². The summed E-state index contributed by atoms with van der Waals surface area (Å²) < 4.78 is 50.2. The maximum Gasteiger partial charge on any atom is 0.420 e. The molecule has 2 rings (SSSR count). The van der Waals surface area contributed by atoms with Gasteiger partial charge in [0.15, 0.2) is 0 Å². The van der Waals surface area contributed by atoms with Crippen molar-refractivity contribution in [3.05, 3.63) is 47.7 Å². The molecule has 146 valence electrons. The van der Waals surface area contributed by atoms with Crippen LogP contribution < -0.4 is 9.64 Å². The molecule has 0 bridgehead atoms. The number of aromatic nitrogens is 1. The lowest BCUT2D eigenvalue weighted by atomic mass is 10.1. The third-order valence-corrected chi connectivity index (χ3v) is 3.45. The molecule has 1 heterocycles. The molecule has 0 saturated carbocycles. The van der Waals surface area contributed by atoms with Gasteiger partial charge in [-0.1, -0.05) is 0 Å². The standard InChI is InChI=1S/C19H21F3N2O3/c1-12-8-9-23-16(10-12)24(17(25)27-18(2,3)4)14-11-13(19(20,21)22)6-7-15(14)26-5/h6-11H,1-5H3. The molecular weight excluding hydrogens is 361 g/mol. The van der Waals surface area contributed by atoms with Crippen molar-refractivity contribution in [2.45, 2.75) is 39.5 Å². The van der Waals surface area contributed by atoms with E-state index in [1.165, 1.54) is 13.3 Å². The summed E-state index contributed by atoms with van der Waals surface area (Å²) in [5.74, 6) is 0.207. The van der Waals surface area contributed by atoms with Crippen molar-refractivity contribution in [2.75, 3.05) is 12.0 Å². The minimum Gasteiger partial charge on any atom is -0.495 e. The van der Waals surface area contributed by atoms with Gasteiger partial charge in [-0.05, 0) is 63.6 Å². The topological polar surface area (TPSA) is 51.7 Å². The van der Waals surface area contributed by atoms with Gasteiger partial charge in [0.05, 0.1) is 18.4 Å². The first-order valence-corrected chi connectivity index (χ1v) is 8.13. The lowest BCUT2D eigenvalue weighted by Crippen LogP contribution is -2.34. The second-order valence-electron chi connectivity index (χ2n) is 6.89. The highest BCUT2D eigenvalue weighted by atomic mass is 19.4. The predicted molar refractivity (Wildman–Crippen MR) is 95.3 cm³/mol. The van der Waals surface area contributed by atoms with E-state index in [2.05, 4.69) is 4.98 Å². The van der Waals surface area contributed by atoms with Crippen LogP contribution in [-0.2, 0) is 10.9 Å². The molecule has 0 fully saturated rings. The van der Waals surface area contributed by atoms with Gasteiger partial charge in [-0.3, -0.25) is 0 Å². The maximum absolute atomic E-state index is 13.2. The van der Waals surface area contributed by atoms with E-state index in [1.54, 1.807) is 39.8 Å². The Balaban J connectivity index is 2.68. The SMILES string of the molecule is COc1ccc(C(F)(F)F)cc1N(C(=O)OC(C)(C)C)c1cc(C)ccn1. The molecule has 0 N–H and O–H groups in total. The van der Waals surface area contributed by atoms with E-state index >= 15 is 0 Å². The second kappa shape index (κ2) is 7.46. The lowest BCUT2D eigenvalue weighted by molar-refractivity contribution is -0.137. The number of amides is 1. The molecule has 5 nitrogen and oxygen atoms in total. The highest BCUT2D eigenvalue weighted by molar-refractivity contribution is 5.97. The van der Waals surface area contributed by atoms with E-state index in [1.807, 2.05) is 0 Å². The minimum atomic E-state index is -4.58. The number of halogens is 3. The van der Waals surface area contributed by atoms with E-state index in [4.69, 9.17) is 9.47 Å². The zero-order valence-corrected chi connectivity index (χ0v) is 15.7. The molecule has 0 atom stereocenters. The van der Waals surface area contributed by atoms with Crippen molar-refractivity contribution in [1.29, 1.82) is 0 Å². The minimum absolute atomic E-state index is 0.0807. The average molecular weight is 382 g/mol. The highest BCUT2D eigenvalue weighted by Crippen LogP contribution is 2.39. The van der Waals surface area contributed by atoms with Crippen LogP contribution in [0.25, 0.3) is 0 Å². The van der Waals surface area contributed by atoms with E-state index in [0.29, 0.717) is 0 Å². The van der Waals surface area contributed by atoms with Gasteiger partial charge in [-0.15, -0.1) is 0 Å². The first-order chi connectivity index (χ1) is 12.4. The number of carbonyl (C=O) groups excluding carboxylic acids is 1. The van der Waals surface area contributed by atoms with Crippen LogP contribution in [0.3, 0.4) is 0 Å². The molecule has 0 spiro atoms. The van der Waals surface area contributed by atoms with Crippen LogP contribution in [0.1, 0.15) is 31.9 Å². The largest absolute Gasteiger partial charge is 0.495 e. The Morgan fingerprint density at radius 3 is 2.30 bits per heavy atom. The molecule has 0 aliphatic carbocycles. The Morgan fingerprint density at radius 1 is 1.11 bits per heavy atom. The number of alkyl halides is 3. The van der Waals surface area contributed by atoms with Crippen molar-refractivity contribution in [3.8, 4) is 5.75 Å². The fourth-order valence-electron chi connectivity index (χ4n) is 2.31. The summed E-state index contributed by atoms with van der Waals surface area (Å²) in [7, 11) is 1.31. The maximum atomic E-state index is 13.2. The van der Waals surface area contributed by atoms with Crippen molar-refractivity contribution in [2.24, 2.45) is 0 Å². The van der Waals surface area contributed by atoms with Gasteiger partial charge in [0.25, 0.3) is 0 Å². The first-order valence-electron chi connectivity index (χ1n) is 8.13. The van der Waals surface area contributed by atoms with E-state index in [-0.39, 0.29) is 17.3 Å². The molecule has 27 heavy (non-hydrogen) atoms. The molecule has 0 unspecified atom stereocenters. The summed E-state index contributed by atoms with van der Waals surface area (Å²) in [5, 5.41) is 0. The molecule has 2 aromatic rings. The molecule has 0 saturated heterocycles. The number of benzene rings is 1. The second-order valence-corrected chi connectivity index (χ2v) is 6.89. The molecule has 1 amide bonds. The van der Waals surface area contributed by atoms with Gasteiger partial charge in [0.2, 0.25) is 0 Å². The Labute approximate surface area is 155 Å². The van der Waals surface area contributed by atoms with Crippen molar-refractivity contribution in [1.82, 2.24) is 4.98 Å². The Kier molecular flexibility index (Phi) is 5.67. The van der Waals surface area contributed by atoms with Crippen molar-refractivity contribution < 1.29 is 27.4 Å². The highest BCUT2D eigenvalue weighted by Gasteiger charge is 2.34. The quantitative estimate of drug-likeness (QED) is 0.704. The molecule has 0 radical (unpaired) electrons. The van der Waals surface area contributed by atoms with Crippen LogP contribution in [0.4, 0.5) is 29.5 Å². The zero-order chi connectivity index (χ0) is 20.4. The number of methoxy groups -OCH3 is 1. The van der Waals surface area contributed by atoms with Crippen LogP contribution in [0, 0.1) is 6.92 Å². The van der Waals surface area contributed by atoms with Crippen molar-refractivity contribution in [3.63, 3.8) is 0 Å². The number of hydrogen-bond acceptors (Lipinski definition) is 4. The molecule has 0 aliphatic rings.